The lowest BCUT2D eigenvalue weighted by molar-refractivity contribution is -0.128. The minimum Gasteiger partial charge on any atom is -0.393 e. The predicted molar refractivity (Wildman–Crippen MR) is 100 cm³/mol. The Balaban J connectivity index is 1.55. The van der Waals surface area contributed by atoms with Gasteiger partial charge in [-0.05, 0) is 92.3 Å². The third-order valence-corrected chi connectivity index (χ3v) is 9.34. The summed E-state index contributed by atoms with van der Waals surface area (Å²) in [6.07, 6.45) is 10.7. The zero-order valence-electron chi connectivity index (χ0n) is 15.8. The van der Waals surface area contributed by atoms with Crippen LogP contribution in [0.2, 0.25) is 0 Å². The van der Waals surface area contributed by atoms with E-state index in [0.717, 1.165) is 42.9 Å². The Hall–Kier alpha value is -0.280. The van der Waals surface area contributed by atoms with Gasteiger partial charge in [0.15, 0.2) is 0 Å². The van der Waals surface area contributed by atoms with Gasteiger partial charge in [-0.1, -0.05) is 13.8 Å². The van der Waals surface area contributed by atoms with E-state index < -0.39 is 0 Å². The maximum atomic E-state index is 11.9. The molecule has 0 radical (unpaired) electrons. The smallest absolute Gasteiger partial charge is 0.235 e. The molecule has 4 heteroatoms. The van der Waals surface area contributed by atoms with Gasteiger partial charge in [0.05, 0.1) is 6.10 Å². The van der Waals surface area contributed by atoms with Crippen LogP contribution in [-0.2, 0) is 4.79 Å². The van der Waals surface area contributed by atoms with Crippen LogP contribution in [0.4, 0.5) is 0 Å². The molecule has 4 saturated carbocycles. The van der Waals surface area contributed by atoms with E-state index in [0.29, 0.717) is 11.5 Å². The van der Waals surface area contributed by atoms with Gasteiger partial charge < -0.3 is 10.4 Å². The summed E-state index contributed by atoms with van der Waals surface area (Å²) in [5, 5.41) is 13.4. The minimum atomic E-state index is -0.0647. The molecule has 8 atom stereocenters. The molecule has 0 unspecified atom stereocenters. The average Bonchev–Trinajstić information content (AvgIpc) is 2.92. The molecule has 0 aromatic carbocycles. The second-order valence-corrected chi connectivity index (χ2v) is 10.2. The van der Waals surface area contributed by atoms with Gasteiger partial charge in [0.1, 0.15) is 5.88 Å². The number of aliphatic hydroxyl groups is 1. The van der Waals surface area contributed by atoms with Crippen LogP contribution in [0.1, 0.15) is 71.6 Å². The van der Waals surface area contributed by atoms with E-state index in [9.17, 15) is 9.90 Å². The highest BCUT2D eigenvalue weighted by molar-refractivity contribution is 6.27. The van der Waals surface area contributed by atoms with Crippen molar-refractivity contribution in [2.75, 3.05) is 5.88 Å². The Morgan fingerprint density at radius 3 is 2.52 bits per heavy atom. The van der Waals surface area contributed by atoms with Crippen molar-refractivity contribution in [2.45, 2.75) is 83.8 Å². The summed E-state index contributed by atoms with van der Waals surface area (Å²) in [4.78, 5) is 11.9. The van der Waals surface area contributed by atoms with Gasteiger partial charge >= 0.3 is 0 Å². The first-order valence-electron chi connectivity index (χ1n) is 10.4. The maximum Gasteiger partial charge on any atom is 0.235 e. The first kappa shape index (κ1) is 18.1. The molecule has 0 aliphatic heterocycles. The predicted octanol–water partition coefficient (Wildman–Crippen LogP) is 4.11. The molecule has 142 valence electrons. The van der Waals surface area contributed by atoms with Gasteiger partial charge in [-0.25, -0.2) is 0 Å². The van der Waals surface area contributed by atoms with Crippen molar-refractivity contribution >= 4 is 17.5 Å². The van der Waals surface area contributed by atoms with Gasteiger partial charge in [0.2, 0.25) is 5.91 Å². The zero-order chi connectivity index (χ0) is 17.8. The monoisotopic (exact) mass is 367 g/mol. The number of rotatable bonds is 2. The van der Waals surface area contributed by atoms with Gasteiger partial charge in [0, 0.05) is 6.04 Å². The number of carbonyl (C=O) groups is 1. The molecule has 2 N–H and O–H groups in total. The quantitative estimate of drug-likeness (QED) is 0.721. The first-order valence-corrected chi connectivity index (χ1v) is 11.0. The fourth-order valence-electron chi connectivity index (χ4n) is 7.71. The molecule has 25 heavy (non-hydrogen) atoms. The van der Waals surface area contributed by atoms with Crippen LogP contribution in [0, 0.1) is 34.5 Å². The third-order valence-electron chi connectivity index (χ3n) is 9.09. The largest absolute Gasteiger partial charge is 0.393 e. The van der Waals surface area contributed by atoms with Gasteiger partial charge in [-0.2, -0.15) is 0 Å². The molecule has 0 heterocycles. The number of carbonyl (C=O) groups excluding carboxylic acids is 1. The Labute approximate surface area is 157 Å². The van der Waals surface area contributed by atoms with Crippen molar-refractivity contribution in [3.8, 4) is 0 Å². The molecule has 4 fully saturated rings. The molecule has 1 amide bonds. The average molecular weight is 368 g/mol. The number of hydrogen-bond donors (Lipinski definition) is 2. The fourth-order valence-corrected chi connectivity index (χ4v) is 7.78. The Morgan fingerprint density at radius 2 is 1.76 bits per heavy atom. The summed E-state index contributed by atoms with van der Waals surface area (Å²) >= 11 is 5.74. The second kappa shape index (κ2) is 6.41. The highest BCUT2D eigenvalue weighted by Gasteiger charge is 2.60. The van der Waals surface area contributed by atoms with Crippen molar-refractivity contribution in [2.24, 2.45) is 34.5 Å². The van der Waals surface area contributed by atoms with Crippen molar-refractivity contribution in [1.29, 1.82) is 0 Å². The number of alkyl halides is 1. The summed E-state index contributed by atoms with van der Waals surface area (Å²) in [5.74, 6) is 3.16. The molecule has 0 saturated heterocycles. The van der Waals surface area contributed by atoms with Crippen LogP contribution >= 0.6 is 11.6 Å². The number of hydrogen-bond acceptors (Lipinski definition) is 2. The maximum absolute atomic E-state index is 11.9. The summed E-state index contributed by atoms with van der Waals surface area (Å²) in [6.45, 7) is 4.96. The van der Waals surface area contributed by atoms with Crippen molar-refractivity contribution in [3.63, 3.8) is 0 Å². The number of aliphatic hydroxyl groups excluding tert-OH is 1. The molecule has 0 bridgehead atoms. The lowest BCUT2D eigenvalue weighted by Crippen LogP contribution is -2.56. The van der Waals surface area contributed by atoms with Gasteiger partial charge in [0.25, 0.3) is 0 Å². The lowest BCUT2D eigenvalue weighted by Gasteiger charge is -2.60. The van der Waals surface area contributed by atoms with Crippen molar-refractivity contribution < 1.29 is 9.90 Å². The molecule has 4 aliphatic rings. The van der Waals surface area contributed by atoms with Crippen molar-refractivity contribution in [1.82, 2.24) is 5.32 Å². The number of fused-ring (bicyclic) bond motifs is 5. The topological polar surface area (TPSA) is 49.3 Å². The number of halogens is 1. The minimum absolute atomic E-state index is 0.00685. The SMILES string of the molecule is C[C@]12CC[C@H](O)C[C@@H]1CC[C@@H]1[C@@H]2CC[C@]2(C)[C@H](NC(=O)CCl)CC[C@@H]12. The van der Waals surface area contributed by atoms with E-state index >= 15 is 0 Å². The van der Waals surface area contributed by atoms with Crippen LogP contribution in [0.3, 0.4) is 0 Å². The molecule has 0 aromatic heterocycles. The number of nitrogens with one attached hydrogen (secondary N) is 1. The molecule has 3 nitrogen and oxygen atoms in total. The van der Waals surface area contributed by atoms with E-state index in [1.165, 1.54) is 38.5 Å². The van der Waals surface area contributed by atoms with Gasteiger partial charge in [-0.3, -0.25) is 4.79 Å². The Morgan fingerprint density at radius 1 is 1.04 bits per heavy atom. The standard InChI is InChI=1S/C21H34ClNO2/c1-20-9-7-14(24)11-13(20)3-4-15-16-5-6-18(23-19(25)12-22)21(16,2)10-8-17(15)20/h13-18,24H,3-12H2,1-2H3,(H,23,25)/t13-,14-,15-,16-,17-,18+,20-,21-/m0/s1. The highest BCUT2D eigenvalue weighted by atomic mass is 35.5. The van der Waals surface area contributed by atoms with Crippen LogP contribution in [0.5, 0.6) is 0 Å². The fraction of sp³-hybridized carbons (Fsp3) is 0.952. The van der Waals surface area contributed by atoms with E-state index in [-0.39, 0.29) is 23.3 Å². The Kier molecular flexibility index (Phi) is 4.64. The Bertz CT molecular complexity index is 540. The summed E-state index contributed by atoms with van der Waals surface area (Å²) in [5.41, 5.74) is 0.682. The highest BCUT2D eigenvalue weighted by Crippen LogP contribution is 2.66. The van der Waals surface area contributed by atoms with E-state index in [1.807, 2.05) is 0 Å². The molecule has 0 spiro atoms. The van der Waals surface area contributed by atoms with Gasteiger partial charge in [-0.15, -0.1) is 11.6 Å². The van der Waals surface area contributed by atoms with Crippen molar-refractivity contribution in [3.05, 3.63) is 0 Å². The van der Waals surface area contributed by atoms with Crippen LogP contribution in [0.25, 0.3) is 0 Å². The second-order valence-electron chi connectivity index (χ2n) is 9.96. The third kappa shape index (κ3) is 2.76. The van der Waals surface area contributed by atoms with E-state index in [4.69, 9.17) is 11.6 Å². The molecular formula is C21H34ClNO2. The normalized spacial score (nSPS) is 52.0. The molecule has 4 aliphatic carbocycles. The molecular weight excluding hydrogens is 334 g/mol. The van der Waals surface area contributed by atoms with Crippen LogP contribution < -0.4 is 5.32 Å². The van der Waals surface area contributed by atoms with E-state index in [2.05, 4.69) is 19.2 Å². The summed E-state index contributed by atoms with van der Waals surface area (Å²) in [6, 6.07) is 0.309. The summed E-state index contributed by atoms with van der Waals surface area (Å²) < 4.78 is 0. The lowest BCUT2D eigenvalue weighted by atomic mass is 9.45. The zero-order valence-corrected chi connectivity index (χ0v) is 16.5. The number of amides is 1. The van der Waals surface area contributed by atoms with Crippen LogP contribution in [-0.4, -0.2) is 29.0 Å². The molecule has 4 rings (SSSR count). The van der Waals surface area contributed by atoms with E-state index in [1.54, 1.807) is 0 Å². The summed E-state index contributed by atoms with van der Waals surface area (Å²) in [7, 11) is 0. The van der Waals surface area contributed by atoms with Crippen LogP contribution in [0.15, 0.2) is 0 Å². The molecule has 0 aromatic rings. The first-order chi connectivity index (χ1) is 11.9.